The van der Waals surface area contributed by atoms with E-state index in [0.717, 1.165) is 19.3 Å². The summed E-state index contributed by atoms with van der Waals surface area (Å²) < 4.78 is 5.43. The van der Waals surface area contributed by atoms with Crippen molar-refractivity contribution in [2.75, 3.05) is 0 Å². The zero-order valence-electron chi connectivity index (χ0n) is 15.5. The first kappa shape index (κ1) is 21.9. The van der Waals surface area contributed by atoms with Crippen molar-refractivity contribution in [3.05, 3.63) is 0 Å². The van der Waals surface area contributed by atoms with Crippen LogP contribution in [0.2, 0.25) is 0 Å². The number of esters is 1. The SMILES string of the molecule is CCCCCCCCCC(CC(=O)O)C(=O)OC(C)CC(C)C. The average Bonchev–Trinajstić information content (AvgIpc) is 2.43. The third-order valence-corrected chi connectivity index (χ3v) is 4.03. The zero-order chi connectivity index (χ0) is 17.7. The quantitative estimate of drug-likeness (QED) is 0.352. The predicted molar refractivity (Wildman–Crippen MR) is 93.4 cm³/mol. The Morgan fingerprint density at radius 3 is 2.04 bits per heavy atom. The van der Waals surface area contributed by atoms with E-state index in [1.165, 1.54) is 32.1 Å². The Kier molecular flexibility index (Phi) is 12.8. The predicted octanol–water partition coefficient (Wildman–Crippen LogP) is 5.20. The van der Waals surface area contributed by atoms with E-state index >= 15 is 0 Å². The number of ether oxygens (including phenoxy) is 1. The number of unbranched alkanes of at least 4 members (excludes halogenated alkanes) is 6. The Balaban J connectivity index is 4.14. The first-order chi connectivity index (χ1) is 10.9. The molecule has 0 saturated heterocycles. The van der Waals surface area contributed by atoms with Gasteiger partial charge in [-0.15, -0.1) is 0 Å². The first-order valence-electron chi connectivity index (χ1n) is 9.29. The number of rotatable bonds is 14. The molecule has 0 aromatic heterocycles. The molecule has 0 saturated carbocycles. The lowest BCUT2D eigenvalue weighted by atomic mass is 9.97. The van der Waals surface area contributed by atoms with Crippen LogP contribution < -0.4 is 0 Å². The summed E-state index contributed by atoms with van der Waals surface area (Å²) in [5.74, 6) is -1.31. The van der Waals surface area contributed by atoms with Crippen molar-refractivity contribution in [3.63, 3.8) is 0 Å². The molecule has 0 bridgehead atoms. The van der Waals surface area contributed by atoms with E-state index in [9.17, 15) is 9.59 Å². The fourth-order valence-electron chi connectivity index (χ4n) is 2.87. The Morgan fingerprint density at radius 2 is 1.52 bits per heavy atom. The summed E-state index contributed by atoms with van der Waals surface area (Å²) in [6, 6.07) is 0. The molecule has 0 aliphatic rings. The van der Waals surface area contributed by atoms with Crippen molar-refractivity contribution in [2.45, 2.75) is 98.0 Å². The van der Waals surface area contributed by atoms with Crippen molar-refractivity contribution in [1.82, 2.24) is 0 Å². The number of carbonyl (C=O) groups excluding carboxylic acids is 1. The zero-order valence-corrected chi connectivity index (χ0v) is 15.5. The molecule has 0 amide bonds. The van der Waals surface area contributed by atoms with Crippen molar-refractivity contribution >= 4 is 11.9 Å². The van der Waals surface area contributed by atoms with Gasteiger partial charge in [0.25, 0.3) is 0 Å². The van der Waals surface area contributed by atoms with Crippen molar-refractivity contribution in [2.24, 2.45) is 11.8 Å². The van der Waals surface area contributed by atoms with Gasteiger partial charge in [-0.1, -0.05) is 65.7 Å². The number of hydrogen-bond acceptors (Lipinski definition) is 3. The second-order valence-electron chi connectivity index (χ2n) is 7.08. The van der Waals surface area contributed by atoms with E-state index in [1.807, 2.05) is 6.92 Å². The van der Waals surface area contributed by atoms with Crippen LogP contribution in [0.15, 0.2) is 0 Å². The molecule has 0 fully saturated rings. The minimum absolute atomic E-state index is 0.122. The van der Waals surface area contributed by atoms with Gasteiger partial charge < -0.3 is 9.84 Å². The standard InChI is InChI=1S/C19H36O4/c1-5-6-7-8-9-10-11-12-17(14-18(20)21)19(22)23-16(4)13-15(2)3/h15-17H,5-14H2,1-4H3,(H,20,21). The first-order valence-corrected chi connectivity index (χ1v) is 9.29. The Labute approximate surface area is 142 Å². The van der Waals surface area contributed by atoms with Crippen molar-refractivity contribution < 1.29 is 19.4 Å². The van der Waals surface area contributed by atoms with Gasteiger partial charge in [0.2, 0.25) is 0 Å². The van der Waals surface area contributed by atoms with E-state index < -0.39 is 11.9 Å². The third kappa shape index (κ3) is 13.1. The molecule has 0 aliphatic carbocycles. The molecular weight excluding hydrogens is 292 g/mol. The highest BCUT2D eigenvalue weighted by Gasteiger charge is 2.24. The van der Waals surface area contributed by atoms with Gasteiger partial charge in [0.15, 0.2) is 0 Å². The van der Waals surface area contributed by atoms with Gasteiger partial charge in [-0.2, -0.15) is 0 Å². The summed E-state index contributed by atoms with van der Waals surface area (Å²) in [7, 11) is 0. The molecule has 4 nitrogen and oxygen atoms in total. The average molecular weight is 328 g/mol. The smallest absolute Gasteiger partial charge is 0.309 e. The maximum atomic E-state index is 12.2. The van der Waals surface area contributed by atoms with Gasteiger partial charge in [-0.05, 0) is 25.7 Å². The fourth-order valence-corrected chi connectivity index (χ4v) is 2.87. The largest absolute Gasteiger partial charge is 0.481 e. The van der Waals surface area contributed by atoms with Gasteiger partial charge in [0.1, 0.15) is 0 Å². The lowest BCUT2D eigenvalue weighted by Gasteiger charge is -2.19. The summed E-state index contributed by atoms with van der Waals surface area (Å²) in [6.07, 6.45) is 9.30. The summed E-state index contributed by atoms with van der Waals surface area (Å²) in [5.41, 5.74) is 0. The molecule has 0 rings (SSSR count). The summed E-state index contributed by atoms with van der Waals surface area (Å²) in [5, 5.41) is 9.00. The Bertz CT molecular complexity index is 325. The van der Waals surface area contributed by atoms with E-state index in [2.05, 4.69) is 20.8 Å². The van der Waals surface area contributed by atoms with Crippen LogP contribution in [0, 0.1) is 11.8 Å². The molecule has 136 valence electrons. The Hall–Kier alpha value is -1.06. The highest BCUT2D eigenvalue weighted by molar-refractivity contribution is 5.79. The lowest BCUT2D eigenvalue weighted by Crippen LogP contribution is -2.25. The second kappa shape index (κ2) is 13.4. The molecule has 2 unspecified atom stereocenters. The molecule has 1 N–H and O–H groups in total. The monoisotopic (exact) mass is 328 g/mol. The number of hydrogen-bond donors (Lipinski definition) is 1. The van der Waals surface area contributed by atoms with E-state index in [1.54, 1.807) is 0 Å². The summed E-state index contributed by atoms with van der Waals surface area (Å²) >= 11 is 0. The normalized spacial score (nSPS) is 13.8. The molecule has 4 heteroatoms. The van der Waals surface area contributed by atoms with Crippen molar-refractivity contribution in [1.29, 1.82) is 0 Å². The number of carbonyl (C=O) groups is 2. The van der Waals surface area contributed by atoms with Crippen LogP contribution in [-0.2, 0) is 14.3 Å². The molecule has 0 aromatic carbocycles. The van der Waals surface area contributed by atoms with E-state index in [0.29, 0.717) is 12.3 Å². The highest BCUT2D eigenvalue weighted by Crippen LogP contribution is 2.19. The van der Waals surface area contributed by atoms with Crippen LogP contribution >= 0.6 is 0 Å². The van der Waals surface area contributed by atoms with E-state index in [-0.39, 0.29) is 18.5 Å². The van der Waals surface area contributed by atoms with Crippen LogP contribution in [0.25, 0.3) is 0 Å². The van der Waals surface area contributed by atoms with Gasteiger partial charge >= 0.3 is 11.9 Å². The molecular formula is C19H36O4. The molecule has 0 aromatic rings. The number of aliphatic carboxylic acids is 1. The van der Waals surface area contributed by atoms with Crippen LogP contribution in [0.1, 0.15) is 91.9 Å². The summed E-state index contributed by atoms with van der Waals surface area (Å²) in [4.78, 5) is 23.2. The fraction of sp³-hybridized carbons (Fsp3) is 0.895. The van der Waals surface area contributed by atoms with Crippen LogP contribution in [0.5, 0.6) is 0 Å². The molecule has 23 heavy (non-hydrogen) atoms. The minimum Gasteiger partial charge on any atom is -0.481 e. The molecule has 0 aliphatic heterocycles. The van der Waals surface area contributed by atoms with Crippen LogP contribution in [0.4, 0.5) is 0 Å². The maximum absolute atomic E-state index is 12.2. The van der Waals surface area contributed by atoms with Crippen LogP contribution in [-0.4, -0.2) is 23.1 Å². The number of carboxylic acid groups (broad SMARTS) is 1. The Morgan fingerprint density at radius 1 is 0.957 bits per heavy atom. The second-order valence-corrected chi connectivity index (χ2v) is 7.08. The minimum atomic E-state index is -0.925. The van der Waals surface area contributed by atoms with Gasteiger partial charge in [0.05, 0.1) is 18.4 Å². The third-order valence-electron chi connectivity index (χ3n) is 4.03. The molecule has 2 atom stereocenters. The molecule has 0 radical (unpaired) electrons. The van der Waals surface area contributed by atoms with E-state index in [4.69, 9.17) is 9.84 Å². The lowest BCUT2D eigenvalue weighted by molar-refractivity contribution is -0.157. The van der Waals surface area contributed by atoms with Gasteiger partial charge in [0, 0.05) is 0 Å². The van der Waals surface area contributed by atoms with Crippen LogP contribution in [0.3, 0.4) is 0 Å². The summed E-state index contributed by atoms with van der Waals surface area (Å²) in [6.45, 7) is 8.24. The molecule has 0 spiro atoms. The topological polar surface area (TPSA) is 63.6 Å². The number of carboxylic acids is 1. The maximum Gasteiger partial charge on any atom is 0.309 e. The van der Waals surface area contributed by atoms with Crippen molar-refractivity contribution in [3.8, 4) is 0 Å². The highest BCUT2D eigenvalue weighted by atomic mass is 16.5. The molecule has 0 heterocycles. The van der Waals surface area contributed by atoms with Gasteiger partial charge in [-0.3, -0.25) is 9.59 Å². The van der Waals surface area contributed by atoms with Gasteiger partial charge in [-0.25, -0.2) is 0 Å².